The van der Waals surface area contributed by atoms with Crippen molar-refractivity contribution < 1.29 is 10.2 Å². The molecule has 0 amide bonds. The quantitative estimate of drug-likeness (QED) is 0.553. The summed E-state index contributed by atoms with van der Waals surface area (Å²) < 4.78 is 0. The number of benzene rings is 1. The molecular formula is C21H30O2. The van der Waals surface area contributed by atoms with Gasteiger partial charge < -0.3 is 10.2 Å². The summed E-state index contributed by atoms with van der Waals surface area (Å²) in [5.74, 6) is 2.03. The predicted molar refractivity (Wildman–Crippen MR) is 94.9 cm³/mol. The molecule has 2 bridgehead atoms. The van der Waals surface area contributed by atoms with E-state index in [2.05, 4.69) is 33.8 Å². The van der Waals surface area contributed by atoms with Crippen molar-refractivity contribution in [1.29, 1.82) is 0 Å². The first-order valence-corrected chi connectivity index (χ1v) is 9.09. The van der Waals surface area contributed by atoms with E-state index in [0.29, 0.717) is 17.3 Å². The SMILES string of the molecule is CCCCCc1cc(O)cc(O)c1[C@@H]1C=C(C)C2CC1C2(C)C. The summed E-state index contributed by atoms with van der Waals surface area (Å²) in [5, 5.41) is 20.5. The molecule has 0 spiro atoms. The maximum atomic E-state index is 10.6. The van der Waals surface area contributed by atoms with Gasteiger partial charge in [-0.15, -0.1) is 0 Å². The van der Waals surface area contributed by atoms with E-state index in [0.717, 1.165) is 24.0 Å². The summed E-state index contributed by atoms with van der Waals surface area (Å²) in [7, 11) is 0. The lowest BCUT2D eigenvalue weighted by atomic mass is 9.45. The van der Waals surface area contributed by atoms with Crippen LogP contribution in [0.2, 0.25) is 0 Å². The van der Waals surface area contributed by atoms with E-state index in [1.807, 2.05) is 6.07 Å². The summed E-state index contributed by atoms with van der Waals surface area (Å²) in [4.78, 5) is 0. The number of aromatic hydroxyl groups is 2. The van der Waals surface area contributed by atoms with Crippen molar-refractivity contribution in [3.8, 4) is 11.5 Å². The molecule has 1 saturated carbocycles. The maximum absolute atomic E-state index is 10.6. The number of hydrogen-bond acceptors (Lipinski definition) is 2. The van der Waals surface area contributed by atoms with Gasteiger partial charge in [0.2, 0.25) is 0 Å². The molecule has 0 aliphatic heterocycles. The number of hydrogen-bond donors (Lipinski definition) is 2. The minimum absolute atomic E-state index is 0.181. The molecule has 0 aromatic heterocycles. The molecule has 2 unspecified atom stereocenters. The molecule has 0 radical (unpaired) electrons. The van der Waals surface area contributed by atoms with Gasteiger partial charge in [-0.2, -0.15) is 0 Å². The van der Waals surface area contributed by atoms with Crippen LogP contribution in [0.3, 0.4) is 0 Å². The Morgan fingerprint density at radius 2 is 1.91 bits per heavy atom. The highest BCUT2D eigenvalue weighted by Gasteiger charge is 2.54. The first-order valence-electron chi connectivity index (χ1n) is 9.09. The van der Waals surface area contributed by atoms with Crippen LogP contribution in [0.25, 0.3) is 0 Å². The number of phenols is 2. The molecule has 3 aliphatic rings. The van der Waals surface area contributed by atoms with Crippen molar-refractivity contribution >= 4 is 0 Å². The van der Waals surface area contributed by atoms with E-state index in [1.165, 1.54) is 30.9 Å². The molecule has 2 nitrogen and oxygen atoms in total. The van der Waals surface area contributed by atoms with Crippen LogP contribution in [0.1, 0.15) is 70.4 Å². The summed E-state index contributed by atoms with van der Waals surface area (Å²) in [6, 6.07) is 3.38. The molecule has 23 heavy (non-hydrogen) atoms. The molecule has 1 aromatic rings. The molecule has 4 rings (SSSR count). The Hall–Kier alpha value is -1.44. The summed E-state index contributed by atoms with van der Waals surface area (Å²) in [5.41, 5.74) is 3.98. The van der Waals surface area contributed by atoms with Crippen LogP contribution < -0.4 is 0 Å². The molecule has 2 N–H and O–H groups in total. The highest BCUT2D eigenvalue weighted by atomic mass is 16.3. The normalized spacial score (nSPS) is 28.2. The Morgan fingerprint density at radius 1 is 1.17 bits per heavy atom. The average molecular weight is 314 g/mol. The van der Waals surface area contributed by atoms with Crippen molar-refractivity contribution in [2.75, 3.05) is 0 Å². The van der Waals surface area contributed by atoms with E-state index in [9.17, 15) is 10.2 Å². The summed E-state index contributed by atoms with van der Waals surface area (Å²) >= 11 is 0. The van der Waals surface area contributed by atoms with Crippen molar-refractivity contribution in [1.82, 2.24) is 0 Å². The second kappa shape index (κ2) is 5.89. The van der Waals surface area contributed by atoms with Crippen LogP contribution in [0, 0.1) is 17.3 Å². The standard InChI is InChI=1S/C21H30O2/c1-5-6-7-8-14-10-15(22)11-19(23)20(14)16-9-13(2)17-12-18(16)21(17,3)4/h9-11,16-18,22-23H,5-8,12H2,1-4H3/t16-,17?,18?/m1/s1. The fourth-order valence-electron chi connectivity index (χ4n) is 4.98. The lowest BCUT2D eigenvalue weighted by molar-refractivity contribution is -0.0196. The molecular weight excluding hydrogens is 284 g/mol. The maximum Gasteiger partial charge on any atom is 0.123 e. The van der Waals surface area contributed by atoms with E-state index < -0.39 is 0 Å². The lowest BCUT2D eigenvalue weighted by Gasteiger charge is -2.59. The minimum atomic E-state index is 0.181. The van der Waals surface area contributed by atoms with Crippen molar-refractivity contribution in [3.63, 3.8) is 0 Å². The third-order valence-corrected chi connectivity index (χ3v) is 6.38. The van der Waals surface area contributed by atoms with Crippen LogP contribution in [0.4, 0.5) is 0 Å². The minimum Gasteiger partial charge on any atom is -0.508 e. The largest absolute Gasteiger partial charge is 0.508 e. The Bertz CT molecular complexity index is 627. The number of rotatable bonds is 5. The van der Waals surface area contributed by atoms with Gasteiger partial charge in [0.15, 0.2) is 0 Å². The van der Waals surface area contributed by atoms with Gasteiger partial charge in [0.1, 0.15) is 11.5 Å². The Morgan fingerprint density at radius 3 is 2.52 bits per heavy atom. The number of unbranched alkanes of at least 4 members (excludes halogenated alkanes) is 2. The number of allylic oxidation sites excluding steroid dienone is 2. The second-order valence-electron chi connectivity index (χ2n) is 8.15. The van der Waals surface area contributed by atoms with E-state index in [4.69, 9.17) is 0 Å². The predicted octanol–water partition coefficient (Wildman–Crippen LogP) is 5.54. The van der Waals surface area contributed by atoms with Gasteiger partial charge in [0.25, 0.3) is 0 Å². The Labute approximate surface area is 140 Å². The van der Waals surface area contributed by atoms with Gasteiger partial charge in [-0.3, -0.25) is 0 Å². The third kappa shape index (κ3) is 2.66. The van der Waals surface area contributed by atoms with Gasteiger partial charge in [-0.25, -0.2) is 0 Å². The number of aryl methyl sites for hydroxylation is 1. The van der Waals surface area contributed by atoms with Gasteiger partial charge in [0, 0.05) is 17.5 Å². The zero-order valence-corrected chi connectivity index (χ0v) is 14.9. The monoisotopic (exact) mass is 314 g/mol. The number of phenolic OH excluding ortho intramolecular Hbond substituents is 2. The smallest absolute Gasteiger partial charge is 0.123 e. The Kier molecular flexibility index (Phi) is 4.20. The fraction of sp³-hybridized carbons (Fsp3) is 0.619. The van der Waals surface area contributed by atoms with E-state index >= 15 is 0 Å². The lowest BCUT2D eigenvalue weighted by Crippen LogP contribution is -2.50. The van der Waals surface area contributed by atoms with Crippen LogP contribution in [-0.2, 0) is 6.42 Å². The van der Waals surface area contributed by atoms with Crippen molar-refractivity contribution in [3.05, 3.63) is 34.9 Å². The van der Waals surface area contributed by atoms with Crippen molar-refractivity contribution in [2.24, 2.45) is 17.3 Å². The van der Waals surface area contributed by atoms with E-state index in [-0.39, 0.29) is 17.4 Å². The third-order valence-electron chi connectivity index (χ3n) is 6.38. The van der Waals surface area contributed by atoms with Crippen molar-refractivity contribution in [2.45, 2.75) is 65.7 Å². The molecule has 1 aromatic carbocycles. The highest BCUT2D eigenvalue weighted by Crippen LogP contribution is 2.64. The highest BCUT2D eigenvalue weighted by molar-refractivity contribution is 5.51. The van der Waals surface area contributed by atoms with Gasteiger partial charge in [0.05, 0.1) is 0 Å². The summed E-state index contributed by atoms with van der Waals surface area (Å²) in [6.07, 6.45) is 8.02. The molecule has 0 saturated heterocycles. The molecule has 126 valence electrons. The zero-order valence-electron chi connectivity index (χ0n) is 14.9. The first-order chi connectivity index (χ1) is 10.9. The van der Waals surface area contributed by atoms with Crippen LogP contribution >= 0.6 is 0 Å². The molecule has 3 aliphatic carbocycles. The molecule has 0 heterocycles. The molecule has 2 heteroatoms. The topological polar surface area (TPSA) is 40.5 Å². The molecule has 1 fully saturated rings. The van der Waals surface area contributed by atoms with Crippen LogP contribution in [0.5, 0.6) is 11.5 Å². The fourth-order valence-corrected chi connectivity index (χ4v) is 4.98. The Balaban J connectivity index is 2.00. The first kappa shape index (κ1) is 16.4. The zero-order chi connectivity index (χ0) is 16.8. The van der Waals surface area contributed by atoms with Gasteiger partial charge in [-0.05, 0) is 55.1 Å². The van der Waals surface area contributed by atoms with Gasteiger partial charge in [-0.1, -0.05) is 45.3 Å². The van der Waals surface area contributed by atoms with Crippen LogP contribution in [0.15, 0.2) is 23.8 Å². The molecule has 3 atom stereocenters. The van der Waals surface area contributed by atoms with Crippen LogP contribution in [-0.4, -0.2) is 10.2 Å². The second-order valence-corrected chi connectivity index (χ2v) is 8.15. The number of fused-ring (bicyclic) bond motifs is 1. The van der Waals surface area contributed by atoms with E-state index in [1.54, 1.807) is 0 Å². The van der Waals surface area contributed by atoms with Gasteiger partial charge >= 0.3 is 0 Å². The summed E-state index contributed by atoms with van der Waals surface area (Å²) in [6.45, 7) is 9.17. The average Bonchev–Trinajstić information content (AvgIpc) is 2.45.